The fourth-order valence-electron chi connectivity index (χ4n) is 2.45. The van der Waals surface area contributed by atoms with Crippen molar-refractivity contribution in [2.75, 3.05) is 11.1 Å². The molecule has 21 heavy (non-hydrogen) atoms. The number of benzene rings is 1. The molecule has 1 aromatic carbocycles. The van der Waals surface area contributed by atoms with Crippen LogP contribution in [0.1, 0.15) is 37.7 Å². The van der Waals surface area contributed by atoms with Gasteiger partial charge >= 0.3 is 6.18 Å². The smallest absolute Gasteiger partial charge is 0.325 e. The van der Waals surface area contributed by atoms with Gasteiger partial charge in [0.1, 0.15) is 0 Å². The number of carbonyl (C=O) groups excluding carboxylic acids is 1. The molecular formula is C15H18F3NOS. The van der Waals surface area contributed by atoms with Crippen molar-refractivity contribution >= 4 is 23.4 Å². The van der Waals surface area contributed by atoms with E-state index in [1.165, 1.54) is 37.5 Å². The summed E-state index contributed by atoms with van der Waals surface area (Å²) >= 11 is 1.54. The number of nitrogens with one attached hydrogen (secondary N) is 1. The van der Waals surface area contributed by atoms with Crippen LogP contribution in [-0.2, 0) is 11.0 Å². The molecule has 1 amide bonds. The SMILES string of the molecule is O=C(CSC1CCCCC1)Nc1ccccc1C(F)(F)F. The highest BCUT2D eigenvalue weighted by molar-refractivity contribution is 8.00. The minimum absolute atomic E-state index is 0.167. The molecular weight excluding hydrogens is 299 g/mol. The average molecular weight is 317 g/mol. The Morgan fingerprint density at radius 1 is 1.19 bits per heavy atom. The number of hydrogen-bond acceptors (Lipinski definition) is 2. The fourth-order valence-corrected chi connectivity index (χ4v) is 3.58. The molecule has 1 aliphatic rings. The van der Waals surface area contributed by atoms with Crippen molar-refractivity contribution in [1.29, 1.82) is 0 Å². The zero-order valence-corrected chi connectivity index (χ0v) is 12.4. The summed E-state index contributed by atoms with van der Waals surface area (Å²) in [6, 6.07) is 5.06. The molecule has 1 fully saturated rings. The van der Waals surface area contributed by atoms with E-state index >= 15 is 0 Å². The van der Waals surface area contributed by atoms with Crippen LogP contribution < -0.4 is 5.32 Å². The van der Waals surface area contributed by atoms with E-state index in [2.05, 4.69) is 5.32 Å². The maximum Gasteiger partial charge on any atom is 0.418 e. The predicted molar refractivity (Wildman–Crippen MR) is 79.4 cm³/mol. The Morgan fingerprint density at radius 2 is 1.86 bits per heavy atom. The molecule has 6 heteroatoms. The van der Waals surface area contributed by atoms with Gasteiger partial charge in [-0.2, -0.15) is 13.2 Å². The van der Waals surface area contributed by atoms with E-state index in [4.69, 9.17) is 0 Å². The quantitative estimate of drug-likeness (QED) is 0.871. The number of para-hydroxylation sites is 1. The summed E-state index contributed by atoms with van der Waals surface area (Å²) in [4.78, 5) is 11.8. The lowest BCUT2D eigenvalue weighted by atomic mass is 10.0. The normalized spacial score (nSPS) is 16.7. The number of hydrogen-bond donors (Lipinski definition) is 1. The molecule has 0 saturated heterocycles. The first-order valence-electron chi connectivity index (χ1n) is 7.04. The predicted octanol–water partition coefficient (Wildman–Crippen LogP) is 4.71. The highest BCUT2D eigenvalue weighted by Crippen LogP contribution is 2.34. The summed E-state index contributed by atoms with van der Waals surface area (Å²) in [5.74, 6) is -0.168. The summed E-state index contributed by atoms with van der Waals surface area (Å²) in [5.41, 5.74) is -0.972. The van der Waals surface area contributed by atoms with E-state index in [1.807, 2.05) is 0 Å². The molecule has 1 N–H and O–H groups in total. The summed E-state index contributed by atoms with van der Waals surface area (Å²) < 4.78 is 38.5. The molecule has 2 rings (SSSR count). The topological polar surface area (TPSA) is 29.1 Å². The van der Waals surface area contributed by atoms with Crippen LogP contribution in [0.3, 0.4) is 0 Å². The van der Waals surface area contributed by atoms with Gasteiger partial charge in [-0.15, -0.1) is 11.8 Å². The van der Waals surface area contributed by atoms with Crippen molar-refractivity contribution in [1.82, 2.24) is 0 Å². The Morgan fingerprint density at radius 3 is 2.52 bits per heavy atom. The Bertz CT molecular complexity index is 484. The first-order valence-corrected chi connectivity index (χ1v) is 8.09. The van der Waals surface area contributed by atoms with Gasteiger partial charge in [0.2, 0.25) is 5.91 Å². The first kappa shape index (κ1) is 16.2. The number of thioether (sulfide) groups is 1. The second-order valence-electron chi connectivity index (χ2n) is 5.16. The lowest BCUT2D eigenvalue weighted by molar-refractivity contribution is -0.137. The standard InChI is InChI=1S/C15H18F3NOS/c16-15(17,18)12-8-4-5-9-13(12)19-14(20)10-21-11-6-2-1-3-7-11/h4-5,8-9,11H,1-3,6-7,10H2,(H,19,20). The van der Waals surface area contributed by atoms with E-state index in [-0.39, 0.29) is 17.3 Å². The highest BCUT2D eigenvalue weighted by atomic mass is 32.2. The van der Waals surface area contributed by atoms with Crippen LogP contribution in [0.2, 0.25) is 0 Å². The Kier molecular flexibility index (Phi) is 5.56. The van der Waals surface area contributed by atoms with Crippen LogP contribution in [0.5, 0.6) is 0 Å². The van der Waals surface area contributed by atoms with Gasteiger partial charge in [-0.05, 0) is 25.0 Å². The molecule has 1 saturated carbocycles. The second-order valence-corrected chi connectivity index (χ2v) is 6.45. The third-order valence-electron chi connectivity index (χ3n) is 3.51. The van der Waals surface area contributed by atoms with E-state index in [9.17, 15) is 18.0 Å². The first-order chi connectivity index (χ1) is 9.97. The van der Waals surface area contributed by atoms with Gasteiger partial charge in [-0.3, -0.25) is 4.79 Å². The van der Waals surface area contributed by atoms with E-state index in [1.54, 1.807) is 11.8 Å². The van der Waals surface area contributed by atoms with Crippen molar-refractivity contribution in [2.24, 2.45) is 0 Å². The van der Waals surface area contributed by atoms with Gasteiger partial charge in [0.25, 0.3) is 0 Å². The lowest BCUT2D eigenvalue weighted by Crippen LogP contribution is -2.20. The van der Waals surface area contributed by atoms with Gasteiger partial charge in [0, 0.05) is 5.25 Å². The highest BCUT2D eigenvalue weighted by Gasteiger charge is 2.33. The maximum absolute atomic E-state index is 12.8. The van der Waals surface area contributed by atoms with Crippen molar-refractivity contribution in [3.8, 4) is 0 Å². The van der Waals surface area contributed by atoms with E-state index in [0.717, 1.165) is 18.9 Å². The molecule has 0 atom stereocenters. The van der Waals surface area contributed by atoms with E-state index in [0.29, 0.717) is 5.25 Å². The van der Waals surface area contributed by atoms with Gasteiger partial charge in [0.05, 0.1) is 17.0 Å². The molecule has 0 radical (unpaired) electrons. The van der Waals surface area contributed by atoms with Gasteiger partial charge in [-0.25, -0.2) is 0 Å². The minimum atomic E-state index is -4.46. The monoisotopic (exact) mass is 317 g/mol. The summed E-state index contributed by atoms with van der Waals surface area (Å²) in [7, 11) is 0. The van der Waals surface area contributed by atoms with Gasteiger partial charge in [-0.1, -0.05) is 31.4 Å². The van der Waals surface area contributed by atoms with Crippen molar-refractivity contribution in [3.63, 3.8) is 0 Å². The largest absolute Gasteiger partial charge is 0.418 e. The molecule has 1 aliphatic carbocycles. The second kappa shape index (κ2) is 7.20. The van der Waals surface area contributed by atoms with Crippen molar-refractivity contribution in [3.05, 3.63) is 29.8 Å². The van der Waals surface area contributed by atoms with Crippen molar-refractivity contribution in [2.45, 2.75) is 43.5 Å². The molecule has 0 spiro atoms. The van der Waals surface area contributed by atoms with Crippen LogP contribution in [0.15, 0.2) is 24.3 Å². The number of carbonyl (C=O) groups is 1. The summed E-state index contributed by atoms with van der Waals surface area (Å²) in [6.45, 7) is 0. The van der Waals surface area contributed by atoms with Crippen molar-refractivity contribution < 1.29 is 18.0 Å². The summed E-state index contributed by atoms with van der Waals surface area (Å²) in [5, 5.41) is 2.84. The van der Waals surface area contributed by atoms with Gasteiger partial charge < -0.3 is 5.32 Å². The fraction of sp³-hybridized carbons (Fsp3) is 0.533. The lowest BCUT2D eigenvalue weighted by Gasteiger charge is -2.20. The molecule has 0 aliphatic heterocycles. The zero-order chi connectivity index (χ0) is 15.3. The molecule has 0 aromatic heterocycles. The van der Waals surface area contributed by atoms with Crippen LogP contribution in [-0.4, -0.2) is 16.9 Å². The third-order valence-corrected chi connectivity index (χ3v) is 4.88. The van der Waals surface area contributed by atoms with Crippen LogP contribution in [0.4, 0.5) is 18.9 Å². The number of alkyl halides is 3. The number of amides is 1. The molecule has 116 valence electrons. The molecule has 0 unspecified atom stereocenters. The Labute approximate surface area is 126 Å². The number of halogens is 3. The minimum Gasteiger partial charge on any atom is -0.325 e. The van der Waals surface area contributed by atoms with E-state index < -0.39 is 11.7 Å². The molecule has 0 bridgehead atoms. The Hall–Kier alpha value is -1.17. The maximum atomic E-state index is 12.8. The molecule has 0 heterocycles. The van der Waals surface area contributed by atoms with Crippen LogP contribution in [0.25, 0.3) is 0 Å². The third kappa shape index (κ3) is 4.95. The molecule has 2 nitrogen and oxygen atoms in total. The Balaban J connectivity index is 1.90. The zero-order valence-electron chi connectivity index (χ0n) is 11.6. The van der Waals surface area contributed by atoms with Crippen LogP contribution in [0, 0.1) is 0 Å². The number of rotatable bonds is 4. The summed E-state index contributed by atoms with van der Waals surface area (Å²) in [6.07, 6.45) is 1.32. The van der Waals surface area contributed by atoms with Gasteiger partial charge in [0.15, 0.2) is 0 Å². The molecule has 1 aromatic rings. The number of anilines is 1. The van der Waals surface area contributed by atoms with Crippen LogP contribution >= 0.6 is 11.8 Å². The average Bonchev–Trinajstić information content (AvgIpc) is 2.46.